The molecule has 0 saturated carbocycles. The summed E-state index contributed by atoms with van der Waals surface area (Å²) in [4.78, 5) is 4.39. The number of nitrogens with one attached hydrogen (secondary N) is 1. The van der Waals surface area contributed by atoms with E-state index in [0.717, 1.165) is 30.9 Å². The zero-order chi connectivity index (χ0) is 13.8. The Balaban J connectivity index is 1.84. The second-order valence-electron chi connectivity index (χ2n) is 5.08. The SMILES string of the molecule is NNC(Cc1ccccn1)C1CCOc2ccccc21. The predicted molar refractivity (Wildman–Crippen MR) is 78.3 cm³/mol. The number of hydrogen-bond acceptors (Lipinski definition) is 4. The Bertz CT molecular complexity index is 559. The van der Waals surface area contributed by atoms with Crippen LogP contribution in [-0.2, 0) is 6.42 Å². The predicted octanol–water partition coefficient (Wildman–Crippen LogP) is 2.02. The lowest BCUT2D eigenvalue weighted by Gasteiger charge is -2.31. The lowest BCUT2D eigenvalue weighted by atomic mass is 9.85. The third kappa shape index (κ3) is 2.66. The van der Waals surface area contributed by atoms with Gasteiger partial charge in [-0.3, -0.25) is 16.3 Å². The summed E-state index contributed by atoms with van der Waals surface area (Å²) in [6.45, 7) is 0.738. The second kappa shape index (κ2) is 6.03. The third-order valence-electron chi connectivity index (χ3n) is 3.86. The number of pyridine rings is 1. The van der Waals surface area contributed by atoms with Crippen molar-refractivity contribution in [1.82, 2.24) is 10.4 Å². The van der Waals surface area contributed by atoms with Gasteiger partial charge in [0, 0.05) is 30.3 Å². The number of para-hydroxylation sites is 1. The van der Waals surface area contributed by atoms with Gasteiger partial charge in [0.1, 0.15) is 5.75 Å². The molecule has 1 aliphatic rings. The van der Waals surface area contributed by atoms with Gasteiger partial charge in [0.15, 0.2) is 0 Å². The third-order valence-corrected chi connectivity index (χ3v) is 3.86. The minimum Gasteiger partial charge on any atom is -0.493 e. The number of fused-ring (bicyclic) bond motifs is 1. The van der Waals surface area contributed by atoms with Crippen LogP contribution in [0.5, 0.6) is 5.75 Å². The molecule has 2 aromatic rings. The van der Waals surface area contributed by atoms with Gasteiger partial charge in [-0.25, -0.2) is 0 Å². The number of benzene rings is 1. The first-order valence-corrected chi connectivity index (χ1v) is 6.96. The van der Waals surface area contributed by atoms with Gasteiger partial charge in [0.25, 0.3) is 0 Å². The van der Waals surface area contributed by atoms with E-state index in [2.05, 4.69) is 22.5 Å². The van der Waals surface area contributed by atoms with Gasteiger partial charge in [0.05, 0.1) is 6.61 Å². The van der Waals surface area contributed by atoms with Crippen LogP contribution in [-0.4, -0.2) is 17.6 Å². The largest absolute Gasteiger partial charge is 0.493 e. The molecule has 2 heterocycles. The van der Waals surface area contributed by atoms with Gasteiger partial charge in [-0.1, -0.05) is 24.3 Å². The van der Waals surface area contributed by atoms with Crippen molar-refractivity contribution in [2.24, 2.45) is 5.84 Å². The molecule has 3 N–H and O–H groups in total. The second-order valence-corrected chi connectivity index (χ2v) is 5.08. The maximum Gasteiger partial charge on any atom is 0.122 e. The fourth-order valence-corrected chi connectivity index (χ4v) is 2.85. The molecule has 0 radical (unpaired) electrons. The Kier molecular flexibility index (Phi) is 3.95. The fraction of sp³-hybridized carbons (Fsp3) is 0.312. The first-order valence-electron chi connectivity index (χ1n) is 6.96. The van der Waals surface area contributed by atoms with E-state index in [1.807, 2.05) is 36.5 Å². The summed E-state index contributed by atoms with van der Waals surface area (Å²) in [7, 11) is 0. The van der Waals surface area contributed by atoms with Crippen molar-refractivity contribution in [2.75, 3.05) is 6.61 Å². The minimum atomic E-state index is 0.162. The molecule has 0 bridgehead atoms. The first kappa shape index (κ1) is 13.1. The van der Waals surface area contributed by atoms with Crippen LogP contribution in [0, 0.1) is 0 Å². The summed E-state index contributed by atoms with van der Waals surface area (Å²) >= 11 is 0. The van der Waals surface area contributed by atoms with E-state index < -0.39 is 0 Å². The molecule has 104 valence electrons. The molecule has 0 amide bonds. The standard InChI is InChI=1S/C16H19N3O/c17-19-15(11-12-5-3-4-9-18-12)13-8-10-20-16-7-2-1-6-14(13)16/h1-7,9,13,15,19H,8,10-11,17H2. The Morgan fingerprint density at radius 3 is 2.90 bits per heavy atom. The molecular formula is C16H19N3O. The Hall–Kier alpha value is -1.91. The first-order chi connectivity index (χ1) is 9.88. The topological polar surface area (TPSA) is 60.2 Å². The zero-order valence-corrected chi connectivity index (χ0v) is 11.3. The molecule has 0 aliphatic carbocycles. The highest BCUT2D eigenvalue weighted by Gasteiger charge is 2.28. The van der Waals surface area contributed by atoms with Crippen LogP contribution in [0.3, 0.4) is 0 Å². The summed E-state index contributed by atoms with van der Waals surface area (Å²) in [6, 6.07) is 14.3. The average Bonchev–Trinajstić information content (AvgIpc) is 2.53. The van der Waals surface area contributed by atoms with Crippen molar-refractivity contribution in [3.8, 4) is 5.75 Å². The molecular weight excluding hydrogens is 250 g/mol. The van der Waals surface area contributed by atoms with E-state index in [-0.39, 0.29) is 6.04 Å². The molecule has 1 aliphatic heterocycles. The Morgan fingerprint density at radius 1 is 1.25 bits per heavy atom. The Morgan fingerprint density at radius 2 is 2.10 bits per heavy atom. The summed E-state index contributed by atoms with van der Waals surface area (Å²) in [5.74, 6) is 7.12. The van der Waals surface area contributed by atoms with Crippen molar-refractivity contribution in [3.05, 3.63) is 59.9 Å². The van der Waals surface area contributed by atoms with Crippen LogP contribution in [0.2, 0.25) is 0 Å². The number of aromatic nitrogens is 1. The van der Waals surface area contributed by atoms with Gasteiger partial charge < -0.3 is 4.74 Å². The molecule has 1 aromatic heterocycles. The van der Waals surface area contributed by atoms with E-state index in [4.69, 9.17) is 10.6 Å². The van der Waals surface area contributed by atoms with Crippen LogP contribution in [0.15, 0.2) is 48.7 Å². The molecule has 2 atom stereocenters. The van der Waals surface area contributed by atoms with Crippen LogP contribution >= 0.6 is 0 Å². The van der Waals surface area contributed by atoms with Crippen molar-refractivity contribution in [3.63, 3.8) is 0 Å². The van der Waals surface area contributed by atoms with E-state index in [1.54, 1.807) is 0 Å². The maximum atomic E-state index is 5.79. The number of hydrazine groups is 1. The normalized spacial score (nSPS) is 18.9. The van der Waals surface area contributed by atoms with E-state index in [0.29, 0.717) is 5.92 Å². The van der Waals surface area contributed by atoms with Gasteiger partial charge in [-0.05, 0) is 30.2 Å². The zero-order valence-electron chi connectivity index (χ0n) is 11.3. The summed E-state index contributed by atoms with van der Waals surface area (Å²) in [5.41, 5.74) is 5.25. The number of ether oxygens (including phenoxy) is 1. The highest BCUT2D eigenvalue weighted by molar-refractivity contribution is 5.38. The molecule has 1 aromatic carbocycles. The molecule has 3 rings (SSSR count). The highest BCUT2D eigenvalue weighted by Crippen LogP contribution is 2.36. The highest BCUT2D eigenvalue weighted by atomic mass is 16.5. The number of nitrogens with zero attached hydrogens (tertiary/aromatic N) is 1. The molecule has 0 spiro atoms. The van der Waals surface area contributed by atoms with Gasteiger partial charge in [-0.2, -0.15) is 0 Å². The molecule has 20 heavy (non-hydrogen) atoms. The van der Waals surface area contributed by atoms with Crippen LogP contribution < -0.4 is 16.0 Å². The quantitative estimate of drug-likeness (QED) is 0.658. The minimum absolute atomic E-state index is 0.162. The summed E-state index contributed by atoms with van der Waals surface area (Å²) < 4.78 is 5.71. The van der Waals surface area contributed by atoms with E-state index >= 15 is 0 Å². The number of hydrogen-bond donors (Lipinski definition) is 2. The molecule has 0 fully saturated rings. The van der Waals surface area contributed by atoms with Gasteiger partial charge in [-0.15, -0.1) is 0 Å². The maximum absolute atomic E-state index is 5.79. The summed E-state index contributed by atoms with van der Waals surface area (Å²) in [6.07, 6.45) is 3.61. The fourth-order valence-electron chi connectivity index (χ4n) is 2.85. The number of rotatable bonds is 4. The molecule has 4 heteroatoms. The number of nitrogens with two attached hydrogens (primary N) is 1. The summed E-state index contributed by atoms with van der Waals surface area (Å²) in [5, 5.41) is 0. The Labute approximate surface area is 119 Å². The lowest BCUT2D eigenvalue weighted by molar-refractivity contribution is 0.244. The average molecular weight is 269 g/mol. The van der Waals surface area contributed by atoms with Gasteiger partial charge in [0.2, 0.25) is 0 Å². The van der Waals surface area contributed by atoms with Crippen LogP contribution in [0.1, 0.15) is 23.6 Å². The van der Waals surface area contributed by atoms with Crippen LogP contribution in [0.25, 0.3) is 0 Å². The molecule has 0 saturated heterocycles. The van der Waals surface area contributed by atoms with E-state index in [9.17, 15) is 0 Å². The van der Waals surface area contributed by atoms with Crippen molar-refractivity contribution >= 4 is 0 Å². The smallest absolute Gasteiger partial charge is 0.122 e. The van der Waals surface area contributed by atoms with Gasteiger partial charge >= 0.3 is 0 Å². The van der Waals surface area contributed by atoms with Crippen molar-refractivity contribution in [1.29, 1.82) is 0 Å². The van der Waals surface area contributed by atoms with Crippen molar-refractivity contribution in [2.45, 2.75) is 24.8 Å². The van der Waals surface area contributed by atoms with Crippen LogP contribution in [0.4, 0.5) is 0 Å². The molecule has 4 nitrogen and oxygen atoms in total. The van der Waals surface area contributed by atoms with E-state index in [1.165, 1.54) is 5.56 Å². The monoisotopic (exact) mass is 269 g/mol. The van der Waals surface area contributed by atoms with Crippen molar-refractivity contribution < 1.29 is 4.74 Å². The lowest BCUT2D eigenvalue weighted by Crippen LogP contribution is -2.43. The molecule has 2 unspecified atom stereocenters.